The Morgan fingerprint density at radius 3 is 3.00 bits per heavy atom. The van der Waals surface area contributed by atoms with E-state index in [1.807, 2.05) is 19.2 Å². The minimum atomic E-state index is -0.0933. The molecule has 0 amide bonds. The van der Waals surface area contributed by atoms with E-state index in [0.29, 0.717) is 13.2 Å². The fourth-order valence-electron chi connectivity index (χ4n) is 2.99. The van der Waals surface area contributed by atoms with Crippen molar-refractivity contribution in [1.82, 2.24) is 4.98 Å². The van der Waals surface area contributed by atoms with E-state index in [1.165, 1.54) is 6.42 Å². The Kier molecular flexibility index (Phi) is 5.62. The summed E-state index contributed by atoms with van der Waals surface area (Å²) in [7, 11) is 0. The van der Waals surface area contributed by atoms with Crippen molar-refractivity contribution in [1.29, 1.82) is 0 Å². The maximum atomic E-state index is 11.7. The number of nitrogens with zero attached hydrogens (tertiary/aromatic N) is 1. The number of ether oxygens (including phenoxy) is 3. The molecule has 1 aromatic heterocycles. The zero-order valence-corrected chi connectivity index (χ0v) is 13.7. The first-order valence-electron chi connectivity index (χ1n) is 8.62. The van der Waals surface area contributed by atoms with Crippen LogP contribution in [0.2, 0.25) is 0 Å². The normalized spacial score (nSPS) is 26.7. The average molecular weight is 319 g/mol. The molecule has 2 heterocycles. The van der Waals surface area contributed by atoms with E-state index in [9.17, 15) is 4.79 Å². The van der Waals surface area contributed by atoms with E-state index in [-0.39, 0.29) is 24.1 Å². The second-order valence-electron chi connectivity index (χ2n) is 6.21. The molecule has 126 valence electrons. The fourth-order valence-corrected chi connectivity index (χ4v) is 2.99. The van der Waals surface area contributed by atoms with Crippen molar-refractivity contribution in [2.75, 3.05) is 19.8 Å². The van der Waals surface area contributed by atoms with Gasteiger partial charge in [-0.05, 0) is 50.7 Å². The van der Waals surface area contributed by atoms with Gasteiger partial charge in [-0.1, -0.05) is 6.07 Å². The van der Waals surface area contributed by atoms with Gasteiger partial charge in [-0.3, -0.25) is 9.78 Å². The van der Waals surface area contributed by atoms with Crippen LogP contribution in [0.3, 0.4) is 0 Å². The minimum Gasteiger partial charge on any atom is -0.466 e. The van der Waals surface area contributed by atoms with Gasteiger partial charge in [-0.25, -0.2) is 0 Å². The highest BCUT2D eigenvalue weighted by Crippen LogP contribution is 2.47. The SMILES string of the molecule is CCOC(=O)C1CC1c1ccc(CCOC2CCCCO2)cn1. The molecule has 1 aliphatic carbocycles. The van der Waals surface area contributed by atoms with Crippen molar-refractivity contribution in [3.05, 3.63) is 29.6 Å². The van der Waals surface area contributed by atoms with Gasteiger partial charge in [0.05, 0.1) is 19.1 Å². The van der Waals surface area contributed by atoms with E-state index in [1.54, 1.807) is 0 Å². The van der Waals surface area contributed by atoms with Crippen molar-refractivity contribution in [2.24, 2.45) is 5.92 Å². The molecule has 0 spiro atoms. The van der Waals surface area contributed by atoms with Crippen LogP contribution >= 0.6 is 0 Å². The zero-order valence-electron chi connectivity index (χ0n) is 13.7. The molecule has 5 heteroatoms. The molecule has 3 unspecified atom stereocenters. The molecule has 1 aliphatic heterocycles. The average Bonchev–Trinajstić information content (AvgIpc) is 3.38. The maximum Gasteiger partial charge on any atom is 0.309 e. The molecule has 2 fully saturated rings. The number of rotatable bonds is 7. The van der Waals surface area contributed by atoms with E-state index in [0.717, 1.165) is 43.5 Å². The van der Waals surface area contributed by atoms with Gasteiger partial charge >= 0.3 is 5.97 Å². The predicted molar refractivity (Wildman–Crippen MR) is 85.0 cm³/mol. The molecule has 1 aromatic rings. The molecule has 0 radical (unpaired) electrons. The van der Waals surface area contributed by atoms with E-state index < -0.39 is 0 Å². The van der Waals surface area contributed by atoms with Gasteiger partial charge in [0.2, 0.25) is 0 Å². The van der Waals surface area contributed by atoms with Gasteiger partial charge < -0.3 is 14.2 Å². The number of carbonyl (C=O) groups excluding carboxylic acids is 1. The van der Waals surface area contributed by atoms with Crippen LogP contribution < -0.4 is 0 Å². The molecule has 23 heavy (non-hydrogen) atoms. The Labute approximate surface area is 137 Å². The Morgan fingerprint density at radius 2 is 2.30 bits per heavy atom. The smallest absolute Gasteiger partial charge is 0.309 e. The van der Waals surface area contributed by atoms with Crippen LogP contribution in [0.4, 0.5) is 0 Å². The van der Waals surface area contributed by atoms with Crippen LogP contribution in [0.15, 0.2) is 18.3 Å². The summed E-state index contributed by atoms with van der Waals surface area (Å²) in [6, 6.07) is 4.10. The minimum absolute atomic E-state index is 0.0000774. The largest absolute Gasteiger partial charge is 0.466 e. The number of carbonyl (C=O) groups is 1. The van der Waals surface area contributed by atoms with Crippen molar-refractivity contribution in [2.45, 2.75) is 51.2 Å². The second-order valence-corrected chi connectivity index (χ2v) is 6.21. The van der Waals surface area contributed by atoms with Crippen LogP contribution in [-0.4, -0.2) is 37.1 Å². The Morgan fingerprint density at radius 1 is 1.39 bits per heavy atom. The lowest BCUT2D eigenvalue weighted by molar-refractivity contribution is -0.161. The van der Waals surface area contributed by atoms with Crippen LogP contribution in [0.5, 0.6) is 0 Å². The molecular weight excluding hydrogens is 294 g/mol. The number of hydrogen-bond acceptors (Lipinski definition) is 5. The summed E-state index contributed by atoms with van der Waals surface area (Å²) >= 11 is 0. The highest BCUT2D eigenvalue weighted by molar-refractivity contribution is 5.77. The summed E-state index contributed by atoms with van der Waals surface area (Å²) in [5.41, 5.74) is 2.14. The van der Waals surface area contributed by atoms with E-state index in [4.69, 9.17) is 14.2 Å². The van der Waals surface area contributed by atoms with Gasteiger partial charge in [-0.2, -0.15) is 0 Å². The number of esters is 1. The standard InChI is InChI=1S/C18H25NO4/c1-2-21-18(20)15-11-14(15)16-7-6-13(12-19-16)8-10-23-17-5-3-4-9-22-17/h6-7,12,14-15,17H,2-5,8-11H2,1H3. The first-order chi connectivity index (χ1) is 11.3. The van der Waals surface area contributed by atoms with E-state index >= 15 is 0 Å². The Hall–Kier alpha value is -1.46. The first-order valence-corrected chi connectivity index (χ1v) is 8.62. The van der Waals surface area contributed by atoms with Crippen molar-refractivity contribution in [3.8, 4) is 0 Å². The highest BCUT2D eigenvalue weighted by atomic mass is 16.7. The van der Waals surface area contributed by atoms with Gasteiger partial charge in [0.1, 0.15) is 0 Å². The van der Waals surface area contributed by atoms with Gasteiger partial charge in [0.25, 0.3) is 0 Å². The highest BCUT2D eigenvalue weighted by Gasteiger charge is 2.46. The molecule has 2 aliphatic rings. The molecule has 1 saturated heterocycles. The number of hydrogen-bond donors (Lipinski definition) is 0. The van der Waals surface area contributed by atoms with Gasteiger partial charge in [0, 0.05) is 24.4 Å². The van der Waals surface area contributed by atoms with Crippen molar-refractivity contribution >= 4 is 5.97 Å². The summed E-state index contributed by atoms with van der Waals surface area (Å²) in [6.07, 6.45) is 6.86. The summed E-state index contributed by atoms with van der Waals surface area (Å²) in [5, 5.41) is 0. The predicted octanol–water partition coefficient (Wildman–Crippen LogP) is 2.83. The third-order valence-electron chi connectivity index (χ3n) is 4.44. The van der Waals surface area contributed by atoms with Gasteiger partial charge in [-0.15, -0.1) is 0 Å². The van der Waals surface area contributed by atoms with E-state index in [2.05, 4.69) is 11.1 Å². The van der Waals surface area contributed by atoms with Crippen LogP contribution in [0, 0.1) is 5.92 Å². The van der Waals surface area contributed by atoms with Crippen molar-refractivity contribution in [3.63, 3.8) is 0 Å². The second kappa shape index (κ2) is 7.88. The third-order valence-corrected chi connectivity index (χ3v) is 4.44. The van der Waals surface area contributed by atoms with Crippen molar-refractivity contribution < 1.29 is 19.0 Å². The van der Waals surface area contributed by atoms with Crippen LogP contribution in [-0.2, 0) is 25.4 Å². The quantitative estimate of drug-likeness (QED) is 0.723. The third kappa shape index (κ3) is 4.52. The molecule has 3 atom stereocenters. The molecule has 1 saturated carbocycles. The Balaban J connectivity index is 1.42. The fraction of sp³-hybridized carbons (Fsp3) is 0.667. The molecule has 0 bridgehead atoms. The topological polar surface area (TPSA) is 57.7 Å². The molecule has 0 N–H and O–H groups in total. The molecular formula is C18H25NO4. The van der Waals surface area contributed by atoms with Crippen LogP contribution in [0.1, 0.15) is 49.8 Å². The first kappa shape index (κ1) is 16.4. The maximum absolute atomic E-state index is 11.7. The summed E-state index contributed by atoms with van der Waals surface area (Å²) in [6.45, 7) is 3.74. The lowest BCUT2D eigenvalue weighted by Crippen LogP contribution is -2.23. The number of aromatic nitrogens is 1. The zero-order chi connectivity index (χ0) is 16.1. The van der Waals surface area contributed by atoms with Gasteiger partial charge in [0.15, 0.2) is 6.29 Å². The number of pyridine rings is 1. The lowest BCUT2D eigenvalue weighted by atomic mass is 10.1. The summed E-state index contributed by atoms with van der Waals surface area (Å²) in [4.78, 5) is 16.2. The molecule has 3 rings (SSSR count). The Bertz CT molecular complexity index is 510. The monoisotopic (exact) mass is 319 g/mol. The molecule has 5 nitrogen and oxygen atoms in total. The molecule has 0 aromatic carbocycles. The lowest BCUT2D eigenvalue weighted by Gasteiger charge is -2.22. The summed E-state index contributed by atoms with van der Waals surface area (Å²) in [5.74, 6) is 0.138. The summed E-state index contributed by atoms with van der Waals surface area (Å²) < 4.78 is 16.3. The van der Waals surface area contributed by atoms with Crippen LogP contribution in [0.25, 0.3) is 0 Å².